The second-order valence-corrected chi connectivity index (χ2v) is 8.50. The number of nitrogens with zero attached hydrogens (tertiary/aromatic N) is 5. The summed E-state index contributed by atoms with van der Waals surface area (Å²) in [6.07, 6.45) is 7.41. The Balaban J connectivity index is 1.73. The van der Waals surface area contributed by atoms with E-state index < -0.39 is 16.5 Å². The van der Waals surface area contributed by atoms with Crippen molar-refractivity contribution in [1.82, 2.24) is 23.8 Å². The smallest absolute Gasteiger partial charge is 0.141 e. The van der Waals surface area contributed by atoms with Crippen LogP contribution in [-0.4, -0.2) is 46.9 Å². The highest BCUT2D eigenvalue weighted by molar-refractivity contribution is 7.82. The van der Waals surface area contributed by atoms with Gasteiger partial charge < -0.3 is 9.55 Å². The lowest BCUT2D eigenvalue weighted by Gasteiger charge is -2.48. The second-order valence-electron chi connectivity index (χ2n) is 6.36. The molecule has 134 valence electrons. The van der Waals surface area contributed by atoms with Gasteiger partial charge in [0.1, 0.15) is 12.0 Å². The van der Waals surface area contributed by atoms with E-state index in [0.29, 0.717) is 30.3 Å². The zero-order chi connectivity index (χ0) is 18.3. The summed E-state index contributed by atoms with van der Waals surface area (Å²) < 4.78 is 15.9. The number of nitrogens with one attached hydrogen (secondary N) is 1. The van der Waals surface area contributed by atoms with Crippen molar-refractivity contribution >= 4 is 33.6 Å². The van der Waals surface area contributed by atoms with Gasteiger partial charge in [0.25, 0.3) is 0 Å². The van der Waals surface area contributed by atoms with E-state index in [-0.39, 0.29) is 0 Å². The highest BCUT2D eigenvalue weighted by atomic mass is 35.5. The lowest BCUT2D eigenvalue weighted by Crippen LogP contribution is -2.62. The van der Waals surface area contributed by atoms with Crippen LogP contribution in [0.4, 0.5) is 0 Å². The third-order valence-corrected chi connectivity index (χ3v) is 6.45. The van der Waals surface area contributed by atoms with Gasteiger partial charge in [-0.05, 0) is 6.07 Å². The van der Waals surface area contributed by atoms with Crippen LogP contribution >= 0.6 is 11.6 Å². The molecule has 3 aromatic rings. The quantitative estimate of drug-likeness (QED) is 0.727. The number of aromatic amines is 1. The summed E-state index contributed by atoms with van der Waals surface area (Å²) in [6, 6.07) is 4.18. The summed E-state index contributed by atoms with van der Waals surface area (Å²) in [5, 5.41) is 10.8. The molecule has 0 aromatic carbocycles. The molecule has 0 spiro atoms. The summed E-state index contributed by atoms with van der Waals surface area (Å²) in [5.74, 6) is 0.576. The molecule has 4 rings (SSSR count). The van der Waals surface area contributed by atoms with Crippen molar-refractivity contribution in [3.05, 3.63) is 36.0 Å². The van der Waals surface area contributed by atoms with Crippen LogP contribution in [-0.2, 0) is 16.5 Å². The second kappa shape index (κ2) is 6.50. The predicted molar refractivity (Wildman–Crippen MR) is 101 cm³/mol. The van der Waals surface area contributed by atoms with E-state index in [1.54, 1.807) is 0 Å². The van der Waals surface area contributed by atoms with Gasteiger partial charge in [-0.2, -0.15) is 5.26 Å². The molecule has 1 N–H and O–H groups in total. The summed E-state index contributed by atoms with van der Waals surface area (Å²) in [7, 11) is -1.00. The van der Waals surface area contributed by atoms with Gasteiger partial charge in [-0.1, -0.05) is 18.5 Å². The van der Waals surface area contributed by atoms with E-state index in [9.17, 15) is 9.47 Å². The molecule has 1 aliphatic heterocycles. The van der Waals surface area contributed by atoms with Crippen molar-refractivity contribution in [2.75, 3.05) is 18.8 Å². The molecule has 1 atom stereocenters. The number of hydrogen-bond acceptors (Lipinski definition) is 4. The van der Waals surface area contributed by atoms with Crippen molar-refractivity contribution in [1.29, 1.82) is 5.26 Å². The van der Waals surface area contributed by atoms with Gasteiger partial charge >= 0.3 is 0 Å². The minimum atomic E-state index is -1.00. The molecule has 0 radical (unpaired) electrons. The van der Waals surface area contributed by atoms with E-state index in [4.69, 9.17) is 11.6 Å². The van der Waals surface area contributed by atoms with Gasteiger partial charge in [-0.25, -0.2) is 18.5 Å². The lowest BCUT2D eigenvalue weighted by atomic mass is 9.89. The molecule has 0 aliphatic carbocycles. The minimum Gasteiger partial charge on any atom is -0.346 e. The van der Waals surface area contributed by atoms with E-state index >= 15 is 0 Å². The fourth-order valence-electron chi connectivity index (χ4n) is 3.42. The van der Waals surface area contributed by atoms with Gasteiger partial charge in [0.15, 0.2) is 0 Å². The van der Waals surface area contributed by atoms with Crippen LogP contribution in [0.15, 0.2) is 31.0 Å². The van der Waals surface area contributed by atoms with Crippen molar-refractivity contribution in [2.24, 2.45) is 0 Å². The highest BCUT2D eigenvalue weighted by Gasteiger charge is 2.46. The molecule has 1 saturated heterocycles. The van der Waals surface area contributed by atoms with Crippen LogP contribution in [0, 0.1) is 11.3 Å². The number of hydrogen-bond donors (Lipinski definition) is 1. The first-order chi connectivity index (χ1) is 12.6. The van der Waals surface area contributed by atoms with Gasteiger partial charge in [0, 0.05) is 48.4 Å². The number of H-pyrrole nitrogens is 1. The van der Waals surface area contributed by atoms with Gasteiger partial charge in [0.05, 0.1) is 39.7 Å². The molecule has 7 nitrogen and oxygen atoms in total. The number of nitriles is 1. The number of rotatable bonds is 5. The normalized spacial score (nSPS) is 17.7. The molecule has 1 fully saturated rings. The molecule has 0 bridgehead atoms. The molecule has 0 saturated carbocycles. The maximum atomic E-state index is 12.0. The molecule has 1 aliphatic rings. The van der Waals surface area contributed by atoms with Crippen LogP contribution in [0.5, 0.6) is 0 Å². The van der Waals surface area contributed by atoms with Crippen LogP contribution in [0.3, 0.4) is 0 Å². The Labute approximate surface area is 158 Å². The van der Waals surface area contributed by atoms with Crippen LogP contribution in [0.25, 0.3) is 22.3 Å². The first kappa shape index (κ1) is 17.2. The molecule has 1 unspecified atom stereocenters. The van der Waals surface area contributed by atoms with E-state index in [1.807, 2.05) is 40.5 Å². The third-order valence-electron chi connectivity index (χ3n) is 4.82. The largest absolute Gasteiger partial charge is 0.346 e. The first-order valence-corrected chi connectivity index (χ1v) is 9.90. The zero-order valence-corrected chi connectivity index (χ0v) is 15.7. The molecule has 4 heterocycles. The predicted octanol–water partition coefficient (Wildman–Crippen LogP) is 2.69. The first-order valence-electron chi connectivity index (χ1n) is 8.25. The van der Waals surface area contributed by atoms with E-state index in [0.717, 1.165) is 22.3 Å². The zero-order valence-electron chi connectivity index (χ0n) is 14.1. The summed E-state index contributed by atoms with van der Waals surface area (Å²) in [4.78, 5) is 11.7. The fraction of sp³-hybridized carbons (Fsp3) is 0.353. The Hall–Kier alpha value is -2.21. The maximum Gasteiger partial charge on any atom is 0.141 e. The average molecular weight is 389 g/mol. The molecule has 0 amide bonds. The summed E-state index contributed by atoms with van der Waals surface area (Å²) in [6.45, 7) is 3.02. The summed E-state index contributed by atoms with van der Waals surface area (Å²) >= 11 is 6.51. The Morgan fingerprint density at radius 2 is 2.23 bits per heavy atom. The van der Waals surface area contributed by atoms with Crippen LogP contribution in [0.1, 0.15) is 13.3 Å². The Kier molecular flexibility index (Phi) is 4.31. The monoisotopic (exact) mass is 388 g/mol. The SMILES string of the molecule is CCS(=O)N1CC(CC#N)(n2cc(Cl)c(-c3ncnc4[nH]ccc34)c2)C1. The number of aromatic nitrogens is 4. The standard InChI is InChI=1S/C17H17ClN6OS/c1-2-26(25)24-9-17(10-24,4-5-19)23-7-13(14(18)8-23)15-12-3-6-20-16(12)22-11-21-15/h3,6-8,11H,2,4,9-10H2,1H3,(H,20,21,22). The van der Waals surface area contributed by atoms with Crippen molar-refractivity contribution in [3.63, 3.8) is 0 Å². The minimum absolute atomic E-state index is 0.332. The topological polar surface area (TPSA) is 90.6 Å². The molecule has 26 heavy (non-hydrogen) atoms. The number of fused-ring (bicyclic) bond motifs is 1. The molecule has 9 heteroatoms. The average Bonchev–Trinajstić information content (AvgIpc) is 3.23. The third kappa shape index (κ3) is 2.63. The van der Waals surface area contributed by atoms with Gasteiger partial charge in [-0.15, -0.1) is 0 Å². The highest BCUT2D eigenvalue weighted by Crippen LogP contribution is 2.39. The van der Waals surface area contributed by atoms with Crippen molar-refractivity contribution < 1.29 is 4.21 Å². The van der Waals surface area contributed by atoms with E-state index in [2.05, 4.69) is 21.0 Å². The van der Waals surface area contributed by atoms with Crippen LogP contribution in [0.2, 0.25) is 5.02 Å². The molecular formula is C17H17ClN6OS. The maximum absolute atomic E-state index is 12.0. The van der Waals surface area contributed by atoms with Gasteiger partial charge in [0.2, 0.25) is 0 Å². The molecular weight excluding hydrogens is 372 g/mol. The van der Waals surface area contributed by atoms with E-state index in [1.165, 1.54) is 6.33 Å². The fourth-order valence-corrected chi connectivity index (χ4v) is 4.79. The number of halogens is 1. The Morgan fingerprint density at radius 1 is 1.42 bits per heavy atom. The van der Waals surface area contributed by atoms with Crippen molar-refractivity contribution in [3.8, 4) is 17.3 Å². The van der Waals surface area contributed by atoms with Crippen LogP contribution < -0.4 is 0 Å². The Morgan fingerprint density at radius 3 is 2.96 bits per heavy atom. The lowest BCUT2D eigenvalue weighted by molar-refractivity contribution is 0.0902. The Bertz CT molecular complexity index is 1030. The molecule has 3 aromatic heterocycles. The van der Waals surface area contributed by atoms with Crippen molar-refractivity contribution in [2.45, 2.75) is 18.9 Å². The summed E-state index contributed by atoms with van der Waals surface area (Å²) in [5.41, 5.74) is 1.89. The van der Waals surface area contributed by atoms with Gasteiger partial charge in [-0.3, -0.25) is 0 Å².